The van der Waals surface area contributed by atoms with Crippen LogP contribution in [0, 0.1) is 0 Å². The third kappa shape index (κ3) is 4.64. The maximum absolute atomic E-state index is 11.5. The first-order chi connectivity index (χ1) is 15.3. The Hall–Kier alpha value is -2.45. The Morgan fingerprint density at radius 3 is 2.24 bits per heavy atom. The summed E-state index contributed by atoms with van der Waals surface area (Å²) in [4.78, 5) is 11.0. The summed E-state index contributed by atoms with van der Waals surface area (Å²) in [5, 5.41) is 25.9. The van der Waals surface area contributed by atoms with Crippen LogP contribution in [0.15, 0.2) is 54.6 Å². The number of aliphatic hydroxyl groups excluding tert-OH is 1. The minimum Gasteiger partial charge on any atom is -0.491 e. The van der Waals surface area contributed by atoms with Gasteiger partial charge in [0, 0.05) is 13.0 Å². The van der Waals surface area contributed by atoms with Crippen LogP contribution in [-0.2, 0) is 16.8 Å². The number of quaternary nitrogens is 1. The van der Waals surface area contributed by atoms with Gasteiger partial charge < -0.3 is 15.6 Å². The number of ether oxygens (including phenoxy) is 1. The van der Waals surface area contributed by atoms with Crippen LogP contribution < -0.4 is 15.8 Å². The first-order valence-corrected chi connectivity index (χ1v) is 11.4. The van der Waals surface area contributed by atoms with Gasteiger partial charge in [-0.3, -0.25) is 10.1 Å². The predicted molar refractivity (Wildman–Crippen MR) is 128 cm³/mol. The molecule has 3 atom stereocenters. The topological polar surface area (TPSA) is 105 Å². The Labute approximate surface area is 196 Å². The van der Waals surface area contributed by atoms with Crippen molar-refractivity contribution in [1.29, 1.82) is 0 Å². The number of benzene rings is 2. The molecule has 2 aromatic carbocycles. The van der Waals surface area contributed by atoms with Gasteiger partial charge in [0.15, 0.2) is 0 Å². The van der Waals surface area contributed by atoms with Gasteiger partial charge in [0.2, 0.25) is 5.91 Å². The van der Waals surface area contributed by atoms with Crippen molar-refractivity contribution in [2.24, 2.45) is 5.73 Å². The molecule has 1 fully saturated rings. The first kappa shape index (κ1) is 25.2. The van der Waals surface area contributed by atoms with Crippen LogP contribution >= 0.6 is 0 Å². The molecule has 0 spiro atoms. The third-order valence-corrected chi connectivity index (χ3v) is 7.66. The van der Waals surface area contributed by atoms with Gasteiger partial charge in [-0.2, -0.15) is 4.65 Å². The minimum absolute atomic E-state index is 0.113. The number of primary amides is 1. The highest BCUT2D eigenvalue weighted by Crippen LogP contribution is 2.55. The molecule has 2 aromatic rings. The van der Waals surface area contributed by atoms with Crippen LogP contribution in [0.1, 0.15) is 45.2 Å². The quantitative estimate of drug-likeness (QED) is 0.434. The average molecular weight is 457 g/mol. The SMILES string of the molecule is CC1(C)CC(NCC(O)COc2ccc(CC(N)=O)cc2)(c2ccccc2)C(C)(C)[N+]1(C)O. The maximum Gasteiger partial charge on any atom is 0.221 e. The van der Waals surface area contributed by atoms with Gasteiger partial charge in [-0.15, -0.1) is 0 Å². The van der Waals surface area contributed by atoms with Crippen LogP contribution in [0.2, 0.25) is 0 Å². The molecule has 0 aliphatic carbocycles. The van der Waals surface area contributed by atoms with E-state index in [0.29, 0.717) is 18.7 Å². The molecule has 1 aliphatic rings. The number of likely N-dealkylation sites (tertiary alicyclic amines) is 1. The Bertz CT molecular complexity index is 957. The molecule has 0 saturated carbocycles. The molecule has 7 nitrogen and oxygen atoms in total. The highest BCUT2D eigenvalue weighted by molar-refractivity contribution is 5.76. The zero-order chi connectivity index (χ0) is 24.5. The van der Waals surface area contributed by atoms with E-state index in [1.165, 1.54) is 0 Å². The van der Waals surface area contributed by atoms with Crippen molar-refractivity contribution in [3.63, 3.8) is 0 Å². The van der Waals surface area contributed by atoms with Gasteiger partial charge in [-0.25, -0.2) is 5.21 Å². The van der Waals surface area contributed by atoms with Crippen molar-refractivity contribution < 1.29 is 24.5 Å². The number of carbonyl (C=O) groups excluding carboxylic acids is 1. The van der Waals surface area contributed by atoms with Crippen molar-refractivity contribution in [3.8, 4) is 5.75 Å². The van der Waals surface area contributed by atoms with E-state index < -0.39 is 22.7 Å². The average Bonchev–Trinajstić information content (AvgIpc) is 2.86. The van der Waals surface area contributed by atoms with Crippen LogP contribution in [0.25, 0.3) is 0 Å². The number of amides is 1. The lowest BCUT2D eigenvalue weighted by Gasteiger charge is -2.47. The maximum atomic E-state index is 11.5. The number of hydroxylamine groups is 3. The molecule has 7 heteroatoms. The summed E-state index contributed by atoms with van der Waals surface area (Å²) in [6.07, 6.45) is 0.120. The molecule has 5 N–H and O–H groups in total. The molecule has 180 valence electrons. The Morgan fingerprint density at radius 2 is 1.73 bits per heavy atom. The highest BCUT2D eigenvalue weighted by atomic mass is 16.6. The second kappa shape index (κ2) is 9.06. The molecule has 1 heterocycles. The number of nitrogens with two attached hydrogens (primary N) is 1. The monoisotopic (exact) mass is 456 g/mol. The number of hydrogen-bond acceptors (Lipinski definition) is 5. The van der Waals surface area contributed by atoms with Gasteiger partial charge in [0.05, 0.1) is 13.5 Å². The van der Waals surface area contributed by atoms with E-state index in [2.05, 4.69) is 45.1 Å². The lowest BCUT2D eigenvalue weighted by atomic mass is 9.73. The van der Waals surface area contributed by atoms with Crippen LogP contribution in [0.5, 0.6) is 5.75 Å². The van der Waals surface area contributed by atoms with E-state index >= 15 is 0 Å². The van der Waals surface area contributed by atoms with Crippen LogP contribution in [0.4, 0.5) is 0 Å². The Balaban J connectivity index is 1.73. The minimum atomic E-state index is -0.757. The fourth-order valence-corrected chi connectivity index (χ4v) is 5.15. The molecule has 1 saturated heterocycles. The fraction of sp³-hybridized carbons (Fsp3) is 0.500. The van der Waals surface area contributed by atoms with Gasteiger partial charge in [0.25, 0.3) is 0 Å². The second-order valence-electron chi connectivity index (χ2n) is 10.4. The van der Waals surface area contributed by atoms with Gasteiger partial charge in [-0.05, 0) is 51.0 Å². The zero-order valence-electron chi connectivity index (χ0n) is 20.3. The van der Waals surface area contributed by atoms with E-state index in [1.54, 1.807) is 24.3 Å². The zero-order valence-corrected chi connectivity index (χ0v) is 20.3. The predicted octanol–water partition coefficient (Wildman–Crippen LogP) is 2.74. The summed E-state index contributed by atoms with van der Waals surface area (Å²) < 4.78 is 5.61. The van der Waals surface area contributed by atoms with Gasteiger partial charge in [0.1, 0.15) is 35.1 Å². The first-order valence-electron chi connectivity index (χ1n) is 11.4. The summed E-state index contributed by atoms with van der Waals surface area (Å²) in [5.74, 6) is 0.232. The van der Waals surface area contributed by atoms with E-state index in [9.17, 15) is 15.1 Å². The van der Waals surface area contributed by atoms with E-state index in [1.807, 2.05) is 25.2 Å². The van der Waals surface area contributed by atoms with Gasteiger partial charge >= 0.3 is 0 Å². The Kier molecular flexibility index (Phi) is 6.92. The third-order valence-electron chi connectivity index (χ3n) is 7.66. The molecule has 1 amide bonds. The van der Waals surface area contributed by atoms with E-state index in [4.69, 9.17) is 10.5 Å². The summed E-state index contributed by atoms with van der Waals surface area (Å²) in [6.45, 7) is 8.69. The molecule has 0 aromatic heterocycles. The van der Waals surface area contributed by atoms with Crippen molar-refractivity contribution in [2.45, 2.75) is 63.3 Å². The molecular weight excluding hydrogens is 418 g/mol. The smallest absolute Gasteiger partial charge is 0.221 e. The number of nitrogens with one attached hydrogen (secondary N) is 1. The normalized spacial score (nSPS) is 26.6. The number of hydrogen-bond donors (Lipinski definition) is 4. The fourth-order valence-electron chi connectivity index (χ4n) is 5.15. The molecule has 0 radical (unpaired) electrons. The Morgan fingerprint density at radius 1 is 1.12 bits per heavy atom. The standard InChI is InChI=1S/C26H37N3O4/c1-24(2)18-26(20-9-7-6-8-10-20,25(3,4)29(24,5)32)28-16-21(30)17-33-22-13-11-19(12-14-22)15-23(27)31/h6-14,21,28,30,32H,15-18H2,1-5H3,(H-,27,31)/p+1. The summed E-state index contributed by atoms with van der Waals surface area (Å²) in [6, 6.07) is 17.2. The number of nitrogens with zero attached hydrogens (tertiary/aromatic N) is 1. The highest BCUT2D eigenvalue weighted by Gasteiger charge is 2.71. The largest absolute Gasteiger partial charge is 0.491 e. The molecule has 3 unspecified atom stereocenters. The van der Waals surface area contributed by atoms with Crippen molar-refractivity contribution in [3.05, 3.63) is 65.7 Å². The summed E-state index contributed by atoms with van der Waals surface area (Å²) >= 11 is 0. The lowest BCUT2D eigenvalue weighted by Crippen LogP contribution is -2.67. The summed E-state index contributed by atoms with van der Waals surface area (Å²) in [7, 11) is 1.85. The molecule has 1 aliphatic heterocycles. The lowest BCUT2D eigenvalue weighted by molar-refractivity contribution is -1.15. The molecule has 3 rings (SSSR count). The van der Waals surface area contributed by atoms with Gasteiger partial charge in [-0.1, -0.05) is 42.5 Å². The van der Waals surface area contributed by atoms with E-state index in [-0.39, 0.29) is 23.6 Å². The number of rotatable bonds is 9. The molecular formula is C26H38N3O4+. The van der Waals surface area contributed by atoms with Crippen LogP contribution in [0.3, 0.4) is 0 Å². The van der Waals surface area contributed by atoms with Crippen molar-refractivity contribution in [2.75, 3.05) is 20.2 Å². The van der Waals surface area contributed by atoms with Crippen molar-refractivity contribution >= 4 is 5.91 Å². The van der Waals surface area contributed by atoms with E-state index in [0.717, 1.165) is 11.1 Å². The molecule has 33 heavy (non-hydrogen) atoms. The second-order valence-corrected chi connectivity index (χ2v) is 10.4. The number of likely N-dealkylation sites (N-methyl/N-ethyl adjacent to an activating group) is 1. The molecule has 0 bridgehead atoms. The van der Waals surface area contributed by atoms with Crippen molar-refractivity contribution in [1.82, 2.24) is 5.32 Å². The number of aliphatic hydroxyl groups is 1. The number of carbonyl (C=O) groups is 1. The summed E-state index contributed by atoms with van der Waals surface area (Å²) in [5.41, 5.74) is 5.59. The van der Waals surface area contributed by atoms with Crippen LogP contribution in [-0.4, -0.2) is 58.2 Å².